The van der Waals surface area contributed by atoms with E-state index in [4.69, 9.17) is 18.9 Å². The van der Waals surface area contributed by atoms with Crippen LogP contribution in [0.15, 0.2) is 30.2 Å². The molecule has 1 fully saturated rings. The third-order valence-electron chi connectivity index (χ3n) is 4.01. The maximum atomic E-state index is 5.81. The second kappa shape index (κ2) is 5.91. The molecule has 1 aromatic rings. The summed E-state index contributed by atoms with van der Waals surface area (Å²) in [5, 5.41) is 0. The third kappa shape index (κ3) is 3.18. The number of hydrogen-bond donors (Lipinski definition) is 1. The molecular weight excluding hydrogens is 282 g/mol. The molecule has 120 valence electrons. The van der Waals surface area contributed by atoms with Gasteiger partial charge in [0.05, 0.1) is 26.4 Å². The van der Waals surface area contributed by atoms with Crippen LogP contribution in [0.4, 0.5) is 5.69 Å². The molecule has 1 aliphatic rings. The van der Waals surface area contributed by atoms with Crippen LogP contribution in [0.5, 0.6) is 11.5 Å². The molecule has 1 N–H and O–H groups in total. The van der Waals surface area contributed by atoms with Crippen LogP contribution in [-0.4, -0.2) is 31.6 Å². The van der Waals surface area contributed by atoms with Crippen molar-refractivity contribution in [1.29, 1.82) is 0 Å². The zero-order valence-corrected chi connectivity index (χ0v) is 14.0. The van der Waals surface area contributed by atoms with Gasteiger partial charge < -0.3 is 18.9 Å². The van der Waals surface area contributed by atoms with E-state index in [0.717, 1.165) is 5.69 Å². The van der Waals surface area contributed by atoms with E-state index in [1.807, 2.05) is 45.9 Å². The normalized spacial score (nSPS) is 18.7. The number of hydrogen-bond acceptors (Lipinski definition) is 4. The van der Waals surface area contributed by atoms with Crippen LogP contribution in [-0.2, 0) is 9.47 Å². The van der Waals surface area contributed by atoms with Gasteiger partial charge in [0.1, 0.15) is 11.2 Å². The van der Waals surface area contributed by atoms with Crippen molar-refractivity contribution in [2.24, 2.45) is 0 Å². The fourth-order valence-electron chi connectivity index (χ4n) is 1.97. The van der Waals surface area contributed by atoms with Gasteiger partial charge in [-0.15, -0.1) is 0 Å². The predicted octanol–water partition coefficient (Wildman–Crippen LogP) is 1.93. The Morgan fingerprint density at radius 2 is 1.55 bits per heavy atom. The Kier molecular flexibility index (Phi) is 4.35. The topological polar surface area (TPSA) is 50.9 Å². The second-order valence-corrected chi connectivity index (χ2v) is 6.09. The van der Waals surface area contributed by atoms with Crippen LogP contribution >= 0.6 is 0 Å². The third-order valence-corrected chi connectivity index (χ3v) is 4.01. The van der Waals surface area contributed by atoms with Crippen molar-refractivity contribution in [1.82, 2.24) is 0 Å². The van der Waals surface area contributed by atoms with Crippen molar-refractivity contribution in [3.8, 4) is 11.5 Å². The first kappa shape index (κ1) is 16.2. The molecular formula is C17H24NO4+. The summed E-state index contributed by atoms with van der Waals surface area (Å²) in [5.74, 6) is 1.87. The van der Waals surface area contributed by atoms with Gasteiger partial charge in [0.25, 0.3) is 5.95 Å². The number of benzene rings is 1. The van der Waals surface area contributed by atoms with E-state index in [0.29, 0.717) is 17.4 Å². The highest BCUT2D eigenvalue weighted by Gasteiger charge is 2.48. The van der Waals surface area contributed by atoms with E-state index in [-0.39, 0.29) is 11.2 Å². The lowest BCUT2D eigenvalue weighted by Gasteiger charge is -2.28. The number of allylic oxidation sites excluding steroid dienone is 1. The summed E-state index contributed by atoms with van der Waals surface area (Å²) in [5.41, 5.74) is 0.150. The summed E-state index contributed by atoms with van der Waals surface area (Å²) in [4.78, 5) is 3.16. The quantitative estimate of drug-likeness (QED) is 0.864. The second-order valence-electron chi connectivity index (χ2n) is 6.09. The molecule has 5 heteroatoms. The van der Waals surface area contributed by atoms with E-state index in [9.17, 15) is 0 Å². The highest BCUT2D eigenvalue weighted by Crippen LogP contribution is 2.39. The first-order chi connectivity index (χ1) is 10.3. The van der Waals surface area contributed by atoms with Crippen LogP contribution in [0.3, 0.4) is 0 Å². The van der Waals surface area contributed by atoms with Crippen LogP contribution < -0.4 is 14.5 Å². The Bertz CT molecular complexity index is 585. The Hall–Kier alpha value is -2.17. The average molecular weight is 306 g/mol. The molecule has 0 spiro atoms. The fraction of sp³-hybridized carbons (Fsp3) is 0.471. The molecule has 0 amide bonds. The number of rotatable bonds is 4. The summed E-state index contributed by atoms with van der Waals surface area (Å²) < 4.78 is 22.1. The molecule has 2 rings (SSSR count). The lowest BCUT2D eigenvalue weighted by atomic mass is 9.90. The van der Waals surface area contributed by atoms with Gasteiger partial charge in [-0.2, -0.15) is 0 Å². The van der Waals surface area contributed by atoms with Crippen molar-refractivity contribution in [3.63, 3.8) is 0 Å². The fourth-order valence-corrected chi connectivity index (χ4v) is 1.97. The summed E-state index contributed by atoms with van der Waals surface area (Å²) in [6.45, 7) is 8.04. The van der Waals surface area contributed by atoms with Gasteiger partial charge in [-0.25, -0.2) is 4.99 Å². The van der Waals surface area contributed by atoms with Crippen molar-refractivity contribution in [2.75, 3.05) is 14.2 Å². The van der Waals surface area contributed by atoms with Gasteiger partial charge in [-0.3, -0.25) is 0 Å². The zero-order chi connectivity index (χ0) is 16.4. The number of ether oxygens (including phenoxy) is 4. The highest BCUT2D eigenvalue weighted by molar-refractivity contribution is 5.67. The van der Waals surface area contributed by atoms with Crippen LogP contribution in [0, 0.1) is 0 Å². The van der Waals surface area contributed by atoms with Crippen molar-refractivity contribution in [2.45, 2.75) is 38.9 Å². The van der Waals surface area contributed by atoms with E-state index < -0.39 is 0 Å². The molecule has 0 saturated carbocycles. The van der Waals surface area contributed by atoms with Crippen LogP contribution in [0.2, 0.25) is 0 Å². The number of nitrogens with one attached hydrogen (secondary N) is 1. The van der Waals surface area contributed by atoms with Crippen molar-refractivity contribution >= 4 is 11.9 Å². The van der Waals surface area contributed by atoms with Crippen LogP contribution in [0.1, 0.15) is 27.7 Å². The summed E-state index contributed by atoms with van der Waals surface area (Å²) in [6.07, 6.45) is 3.54. The molecule has 0 bridgehead atoms. The molecule has 1 saturated heterocycles. The monoisotopic (exact) mass is 306 g/mol. The first-order valence-electron chi connectivity index (χ1n) is 7.19. The predicted molar refractivity (Wildman–Crippen MR) is 84.6 cm³/mol. The molecule has 22 heavy (non-hydrogen) atoms. The van der Waals surface area contributed by atoms with E-state index in [2.05, 4.69) is 4.99 Å². The minimum Gasteiger partial charge on any atom is -0.493 e. The maximum absolute atomic E-state index is 5.81. The van der Waals surface area contributed by atoms with Gasteiger partial charge in [0, 0.05) is 6.07 Å². The standard InChI is InChI=1S/C17H23NO4/c1-16(2)17(3,4)22-15(21-16)9-10-18-12-7-8-13(19-5)14(11-12)20-6/h7-11H,1-6H3/p+1. The molecule has 0 aromatic heterocycles. The van der Waals surface area contributed by atoms with Gasteiger partial charge in [-0.05, 0) is 33.8 Å². The summed E-state index contributed by atoms with van der Waals surface area (Å²) in [6, 6.07) is 5.61. The van der Waals surface area contributed by atoms with Gasteiger partial charge in [0.2, 0.25) is 5.69 Å². The molecule has 1 heterocycles. The molecule has 5 nitrogen and oxygen atoms in total. The molecule has 0 aliphatic carbocycles. The molecule has 0 unspecified atom stereocenters. The van der Waals surface area contributed by atoms with Crippen molar-refractivity contribution in [3.05, 3.63) is 30.2 Å². The SMILES string of the molecule is COc1ccc([NH+]=CC=C2OC(C)(C)C(C)(C)O2)cc1OC. The Labute approximate surface area is 131 Å². The Morgan fingerprint density at radius 3 is 2.09 bits per heavy atom. The molecule has 0 atom stereocenters. The molecule has 0 radical (unpaired) electrons. The van der Waals surface area contributed by atoms with E-state index >= 15 is 0 Å². The van der Waals surface area contributed by atoms with Gasteiger partial charge in [0.15, 0.2) is 17.7 Å². The smallest absolute Gasteiger partial charge is 0.286 e. The summed E-state index contributed by atoms with van der Waals surface area (Å²) >= 11 is 0. The highest BCUT2D eigenvalue weighted by atomic mass is 16.7. The molecule has 1 aliphatic heterocycles. The van der Waals surface area contributed by atoms with Gasteiger partial charge in [-0.1, -0.05) is 0 Å². The lowest BCUT2D eigenvalue weighted by Crippen LogP contribution is -2.61. The minimum absolute atomic E-state index is 0.365. The Balaban J connectivity index is 2.12. The largest absolute Gasteiger partial charge is 0.493 e. The maximum Gasteiger partial charge on any atom is 0.286 e. The minimum atomic E-state index is -0.365. The average Bonchev–Trinajstić information content (AvgIpc) is 2.66. The molecule has 1 aromatic carbocycles. The van der Waals surface area contributed by atoms with E-state index in [1.54, 1.807) is 26.5 Å². The first-order valence-corrected chi connectivity index (χ1v) is 7.19. The van der Waals surface area contributed by atoms with Crippen molar-refractivity contribution < 1.29 is 23.9 Å². The van der Waals surface area contributed by atoms with Gasteiger partial charge >= 0.3 is 0 Å². The lowest BCUT2D eigenvalue weighted by molar-refractivity contribution is -0.346. The zero-order valence-electron chi connectivity index (χ0n) is 14.0. The van der Waals surface area contributed by atoms with Crippen LogP contribution in [0.25, 0.3) is 0 Å². The summed E-state index contributed by atoms with van der Waals surface area (Å²) in [7, 11) is 3.22. The van der Waals surface area contributed by atoms with E-state index in [1.165, 1.54) is 0 Å². The Morgan fingerprint density at radius 1 is 0.955 bits per heavy atom. The number of methoxy groups -OCH3 is 2.